The normalized spacial score (nSPS) is 10.3. The van der Waals surface area contributed by atoms with Gasteiger partial charge in [0.25, 0.3) is 11.6 Å². The third kappa shape index (κ3) is 4.68. The van der Waals surface area contributed by atoms with Gasteiger partial charge in [-0.1, -0.05) is 18.2 Å². The Bertz CT molecular complexity index is 1050. The van der Waals surface area contributed by atoms with Gasteiger partial charge in [-0.25, -0.2) is 4.98 Å². The first-order chi connectivity index (χ1) is 13.4. The molecule has 2 aromatic carbocycles. The predicted octanol–water partition coefficient (Wildman–Crippen LogP) is 2.83. The zero-order valence-corrected chi connectivity index (χ0v) is 15.1. The van der Waals surface area contributed by atoms with Crippen molar-refractivity contribution in [2.24, 2.45) is 5.73 Å². The number of ether oxygens (including phenoxy) is 1. The van der Waals surface area contributed by atoms with Gasteiger partial charge in [-0.15, -0.1) is 11.3 Å². The summed E-state index contributed by atoms with van der Waals surface area (Å²) >= 11 is 1.19. The van der Waals surface area contributed by atoms with E-state index in [1.807, 2.05) is 0 Å². The van der Waals surface area contributed by atoms with Gasteiger partial charge in [0, 0.05) is 28.6 Å². The molecule has 0 atom stereocenters. The highest BCUT2D eigenvalue weighted by atomic mass is 32.1. The largest absolute Gasteiger partial charge is 0.484 e. The third-order valence-corrected chi connectivity index (χ3v) is 4.35. The van der Waals surface area contributed by atoms with Gasteiger partial charge in [0.1, 0.15) is 5.75 Å². The average Bonchev–Trinajstić information content (AvgIpc) is 3.15. The van der Waals surface area contributed by atoms with Crippen LogP contribution in [0, 0.1) is 10.1 Å². The Morgan fingerprint density at radius 1 is 1.21 bits per heavy atom. The van der Waals surface area contributed by atoms with Crippen LogP contribution in [-0.4, -0.2) is 28.3 Å². The lowest BCUT2D eigenvalue weighted by molar-refractivity contribution is -0.384. The first-order valence-corrected chi connectivity index (χ1v) is 8.83. The van der Waals surface area contributed by atoms with Crippen molar-refractivity contribution in [3.8, 4) is 17.0 Å². The van der Waals surface area contributed by atoms with Crippen molar-refractivity contribution in [3.63, 3.8) is 0 Å². The average molecular weight is 398 g/mol. The number of non-ortho nitro benzene ring substituents is 1. The number of primary amides is 1. The highest BCUT2D eigenvalue weighted by Gasteiger charge is 2.12. The molecule has 0 aliphatic heterocycles. The molecule has 3 aromatic rings. The summed E-state index contributed by atoms with van der Waals surface area (Å²) < 4.78 is 5.35. The lowest BCUT2D eigenvalue weighted by Gasteiger charge is -2.06. The lowest BCUT2D eigenvalue weighted by Crippen LogP contribution is -2.20. The Kier molecular flexibility index (Phi) is 5.61. The number of carbonyl (C=O) groups excluding carboxylic acids is 2. The molecule has 1 heterocycles. The minimum Gasteiger partial charge on any atom is -0.484 e. The molecule has 10 heteroatoms. The molecule has 142 valence electrons. The van der Waals surface area contributed by atoms with Crippen LogP contribution in [-0.2, 0) is 4.79 Å². The van der Waals surface area contributed by atoms with Crippen molar-refractivity contribution in [2.45, 2.75) is 0 Å². The number of hydrogen-bond acceptors (Lipinski definition) is 7. The number of hydrogen-bond donors (Lipinski definition) is 2. The van der Waals surface area contributed by atoms with Crippen LogP contribution in [0.25, 0.3) is 11.3 Å². The summed E-state index contributed by atoms with van der Waals surface area (Å²) in [7, 11) is 0. The Morgan fingerprint density at radius 2 is 2.00 bits per heavy atom. The number of nitrogens with two attached hydrogens (primary N) is 1. The first kappa shape index (κ1) is 19.0. The smallest absolute Gasteiger partial charge is 0.270 e. The molecular formula is C18H14N4O5S. The van der Waals surface area contributed by atoms with E-state index in [0.717, 1.165) is 0 Å². The van der Waals surface area contributed by atoms with Gasteiger partial charge in [-0.05, 0) is 18.2 Å². The van der Waals surface area contributed by atoms with Crippen LogP contribution in [0.1, 0.15) is 10.4 Å². The van der Waals surface area contributed by atoms with Crippen LogP contribution < -0.4 is 15.8 Å². The van der Waals surface area contributed by atoms with Crippen LogP contribution in [0.4, 0.5) is 10.8 Å². The van der Waals surface area contributed by atoms with E-state index in [9.17, 15) is 19.7 Å². The van der Waals surface area contributed by atoms with E-state index in [1.54, 1.807) is 35.7 Å². The van der Waals surface area contributed by atoms with Crippen LogP contribution in [0.3, 0.4) is 0 Å². The van der Waals surface area contributed by atoms with Crippen molar-refractivity contribution < 1.29 is 19.2 Å². The molecule has 0 bridgehead atoms. The number of nitro groups is 1. The fourth-order valence-electron chi connectivity index (χ4n) is 2.29. The van der Waals surface area contributed by atoms with Gasteiger partial charge in [0.15, 0.2) is 11.7 Å². The summed E-state index contributed by atoms with van der Waals surface area (Å²) in [5.41, 5.74) is 6.52. The number of rotatable bonds is 7. The van der Waals surface area contributed by atoms with Crippen molar-refractivity contribution in [2.75, 3.05) is 11.9 Å². The maximum Gasteiger partial charge on any atom is 0.270 e. The molecule has 0 fully saturated rings. The van der Waals surface area contributed by atoms with Crippen LogP contribution in [0.15, 0.2) is 53.9 Å². The molecule has 0 radical (unpaired) electrons. The predicted molar refractivity (Wildman–Crippen MR) is 103 cm³/mol. The van der Waals surface area contributed by atoms with E-state index in [4.69, 9.17) is 10.5 Å². The molecule has 28 heavy (non-hydrogen) atoms. The maximum atomic E-state index is 12.0. The molecule has 3 N–H and O–H groups in total. The number of aromatic nitrogens is 1. The van der Waals surface area contributed by atoms with Gasteiger partial charge < -0.3 is 10.5 Å². The van der Waals surface area contributed by atoms with Gasteiger partial charge in [-0.2, -0.15) is 0 Å². The van der Waals surface area contributed by atoms with E-state index in [1.165, 1.54) is 29.5 Å². The number of carbonyl (C=O) groups is 2. The summed E-state index contributed by atoms with van der Waals surface area (Å²) in [4.78, 5) is 37.8. The Hall–Kier alpha value is -3.79. The van der Waals surface area contributed by atoms with E-state index in [2.05, 4.69) is 10.3 Å². The Balaban J connectivity index is 1.61. The fourth-order valence-corrected chi connectivity index (χ4v) is 3.02. The highest BCUT2D eigenvalue weighted by molar-refractivity contribution is 7.14. The number of thiazole rings is 1. The quantitative estimate of drug-likeness (QED) is 0.464. The Labute approximate surface area is 162 Å². The molecule has 1 aromatic heterocycles. The second-order valence-electron chi connectivity index (χ2n) is 5.57. The summed E-state index contributed by atoms with van der Waals surface area (Å²) in [6, 6.07) is 12.3. The number of nitrogens with zero attached hydrogens (tertiary/aromatic N) is 2. The molecule has 0 saturated carbocycles. The summed E-state index contributed by atoms with van der Waals surface area (Å²) in [5.74, 6) is -0.696. The summed E-state index contributed by atoms with van der Waals surface area (Å²) in [6.07, 6.45) is 0. The minimum absolute atomic E-state index is 0.0392. The van der Waals surface area contributed by atoms with Crippen LogP contribution in [0.2, 0.25) is 0 Å². The lowest BCUT2D eigenvalue weighted by atomic mass is 10.1. The number of benzene rings is 2. The topological polar surface area (TPSA) is 137 Å². The summed E-state index contributed by atoms with van der Waals surface area (Å²) in [5, 5.41) is 15.5. The monoisotopic (exact) mass is 398 g/mol. The molecule has 3 rings (SSSR count). The van der Waals surface area contributed by atoms with Crippen molar-refractivity contribution in [1.29, 1.82) is 0 Å². The summed E-state index contributed by atoms with van der Waals surface area (Å²) in [6.45, 7) is -0.284. The van der Waals surface area contributed by atoms with Gasteiger partial charge >= 0.3 is 0 Å². The van der Waals surface area contributed by atoms with Crippen LogP contribution >= 0.6 is 11.3 Å². The first-order valence-electron chi connectivity index (χ1n) is 7.95. The molecule has 0 saturated heterocycles. The van der Waals surface area contributed by atoms with E-state index in [-0.39, 0.29) is 17.9 Å². The zero-order chi connectivity index (χ0) is 20.1. The van der Waals surface area contributed by atoms with Crippen LogP contribution in [0.5, 0.6) is 5.75 Å². The van der Waals surface area contributed by atoms with Crippen molar-refractivity contribution in [3.05, 3.63) is 69.6 Å². The molecule has 9 nitrogen and oxygen atoms in total. The molecule has 0 spiro atoms. The number of nitrogens with one attached hydrogen (secondary N) is 1. The van der Waals surface area contributed by atoms with E-state index in [0.29, 0.717) is 22.1 Å². The number of nitro benzene ring substituents is 1. The number of amides is 2. The zero-order valence-electron chi connectivity index (χ0n) is 14.3. The maximum absolute atomic E-state index is 12.0. The van der Waals surface area contributed by atoms with Gasteiger partial charge in [0.05, 0.1) is 10.6 Å². The van der Waals surface area contributed by atoms with E-state index < -0.39 is 16.7 Å². The second kappa shape index (κ2) is 8.27. The standard InChI is InChI=1S/C18H14N4O5S/c19-17(24)12-4-2-6-14(8-12)27-9-16(23)21-18-20-15(10-28-18)11-3-1-5-13(7-11)22(25)26/h1-8,10H,9H2,(H2,19,24)(H,20,21,23). The van der Waals surface area contributed by atoms with Crippen molar-refractivity contribution >= 4 is 34.0 Å². The SMILES string of the molecule is NC(=O)c1cccc(OCC(=O)Nc2nc(-c3cccc([N+](=O)[O-])c3)cs2)c1. The second-order valence-corrected chi connectivity index (χ2v) is 6.43. The molecule has 0 aliphatic carbocycles. The van der Waals surface area contributed by atoms with E-state index >= 15 is 0 Å². The molecule has 2 amide bonds. The fraction of sp³-hybridized carbons (Fsp3) is 0.0556. The van der Waals surface area contributed by atoms with Gasteiger partial charge in [-0.3, -0.25) is 25.0 Å². The highest BCUT2D eigenvalue weighted by Crippen LogP contribution is 2.27. The molecule has 0 unspecified atom stereocenters. The Morgan fingerprint density at radius 3 is 2.75 bits per heavy atom. The van der Waals surface area contributed by atoms with Gasteiger partial charge in [0.2, 0.25) is 5.91 Å². The van der Waals surface area contributed by atoms with Crippen molar-refractivity contribution in [1.82, 2.24) is 4.98 Å². The number of anilines is 1. The minimum atomic E-state index is -0.591. The molecule has 0 aliphatic rings. The third-order valence-electron chi connectivity index (χ3n) is 3.59. The molecular weight excluding hydrogens is 384 g/mol.